The van der Waals surface area contributed by atoms with Crippen molar-refractivity contribution in [1.29, 1.82) is 0 Å². The fraction of sp³-hybridized carbons (Fsp3) is 0.167. The molecule has 0 spiro atoms. The first kappa shape index (κ1) is 10.3. The van der Waals surface area contributed by atoms with Crippen LogP contribution in [0.3, 0.4) is 0 Å². The molecule has 3 heteroatoms. The van der Waals surface area contributed by atoms with Crippen molar-refractivity contribution in [3.8, 4) is 11.5 Å². The number of benzene rings is 2. The van der Waals surface area contributed by atoms with Crippen LogP contribution in [0, 0.1) is 0 Å². The van der Waals surface area contributed by atoms with E-state index in [9.17, 15) is 0 Å². The summed E-state index contributed by atoms with van der Waals surface area (Å²) in [5.74, 6) is 1.69. The van der Waals surface area contributed by atoms with Crippen LogP contribution in [-0.4, -0.2) is 14.2 Å². The van der Waals surface area contributed by atoms with Crippen LogP contribution in [-0.2, 0) is 0 Å². The van der Waals surface area contributed by atoms with Crippen molar-refractivity contribution in [3.05, 3.63) is 34.8 Å². The van der Waals surface area contributed by atoms with Crippen LogP contribution in [0.4, 0.5) is 0 Å². The Balaban J connectivity index is 2.77. The predicted molar refractivity (Wildman–Crippen MR) is 64.8 cm³/mol. The maximum atomic E-state index is 5.31. The highest BCUT2D eigenvalue weighted by molar-refractivity contribution is 9.10. The Labute approximate surface area is 96.9 Å². The van der Waals surface area contributed by atoms with Gasteiger partial charge in [0, 0.05) is 9.86 Å². The predicted octanol–water partition coefficient (Wildman–Crippen LogP) is 3.62. The lowest BCUT2D eigenvalue weighted by molar-refractivity contribution is 0.412. The standard InChI is InChI=1S/C12H11BrO2/c1-14-8-3-4-9-10(7-8)12(15-2)6-5-11(9)13/h3-7H,1-2H3. The molecule has 0 aliphatic heterocycles. The molecule has 0 aliphatic rings. The Bertz CT molecular complexity index is 494. The minimum absolute atomic E-state index is 0.832. The van der Waals surface area contributed by atoms with Crippen LogP contribution in [0.2, 0.25) is 0 Å². The molecule has 0 amide bonds. The zero-order valence-corrected chi connectivity index (χ0v) is 10.2. The lowest BCUT2D eigenvalue weighted by Gasteiger charge is -2.08. The molecule has 15 heavy (non-hydrogen) atoms. The smallest absolute Gasteiger partial charge is 0.126 e. The second-order valence-corrected chi connectivity index (χ2v) is 4.02. The Kier molecular flexibility index (Phi) is 2.82. The maximum absolute atomic E-state index is 5.31. The van der Waals surface area contributed by atoms with Crippen molar-refractivity contribution in [2.24, 2.45) is 0 Å². The molecule has 78 valence electrons. The Hall–Kier alpha value is -1.22. The quantitative estimate of drug-likeness (QED) is 0.827. The van der Waals surface area contributed by atoms with Gasteiger partial charge in [-0.1, -0.05) is 15.9 Å². The first-order valence-electron chi connectivity index (χ1n) is 4.56. The Morgan fingerprint density at radius 1 is 0.933 bits per heavy atom. The third-order valence-electron chi connectivity index (χ3n) is 2.35. The maximum Gasteiger partial charge on any atom is 0.126 e. The van der Waals surface area contributed by atoms with Gasteiger partial charge in [-0.15, -0.1) is 0 Å². The normalized spacial score (nSPS) is 10.3. The summed E-state index contributed by atoms with van der Waals surface area (Å²) < 4.78 is 11.6. The molecule has 0 atom stereocenters. The zero-order valence-electron chi connectivity index (χ0n) is 8.58. The van der Waals surface area contributed by atoms with Gasteiger partial charge in [-0.25, -0.2) is 0 Å². The lowest BCUT2D eigenvalue weighted by Crippen LogP contribution is -1.87. The van der Waals surface area contributed by atoms with Gasteiger partial charge < -0.3 is 9.47 Å². The molecule has 0 fully saturated rings. The van der Waals surface area contributed by atoms with Gasteiger partial charge in [-0.05, 0) is 35.7 Å². The van der Waals surface area contributed by atoms with Gasteiger partial charge in [-0.3, -0.25) is 0 Å². The largest absolute Gasteiger partial charge is 0.497 e. The molecule has 0 aromatic heterocycles. The van der Waals surface area contributed by atoms with Gasteiger partial charge in [0.25, 0.3) is 0 Å². The molecule has 0 unspecified atom stereocenters. The van der Waals surface area contributed by atoms with Crippen molar-refractivity contribution in [2.75, 3.05) is 14.2 Å². The second kappa shape index (κ2) is 4.11. The minimum atomic E-state index is 0.832. The van der Waals surface area contributed by atoms with E-state index in [1.54, 1.807) is 14.2 Å². The van der Waals surface area contributed by atoms with Crippen molar-refractivity contribution in [2.45, 2.75) is 0 Å². The third-order valence-corrected chi connectivity index (χ3v) is 3.04. The molecular formula is C12H11BrO2. The van der Waals surface area contributed by atoms with Gasteiger partial charge in [-0.2, -0.15) is 0 Å². The monoisotopic (exact) mass is 266 g/mol. The van der Waals surface area contributed by atoms with Crippen molar-refractivity contribution >= 4 is 26.7 Å². The highest BCUT2D eigenvalue weighted by Crippen LogP contribution is 2.33. The van der Waals surface area contributed by atoms with E-state index >= 15 is 0 Å². The van der Waals surface area contributed by atoms with Crippen LogP contribution >= 0.6 is 15.9 Å². The molecule has 0 saturated carbocycles. The van der Waals surface area contributed by atoms with E-state index < -0.39 is 0 Å². The summed E-state index contributed by atoms with van der Waals surface area (Å²) >= 11 is 3.51. The van der Waals surface area contributed by atoms with Gasteiger partial charge >= 0.3 is 0 Å². The summed E-state index contributed by atoms with van der Waals surface area (Å²) in [4.78, 5) is 0. The molecule has 0 N–H and O–H groups in total. The van der Waals surface area contributed by atoms with Crippen LogP contribution in [0.15, 0.2) is 34.8 Å². The first-order valence-corrected chi connectivity index (χ1v) is 5.36. The van der Waals surface area contributed by atoms with E-state index in [0.717, 1.165) is 26.7 Å². The number of hydrogen-bond donors (Lipinski definition) is 0. The lowest BCUT2D eigenvalue weighted by atomic mass is 10.1. The molecule has 2 rings (SSSR count). The summed E-state index contributed by atoms with van der Waals surface area (Å²) in [6.07, 6.45) is 0. The van der Waals surface area contributed by atoms with Crippen molar-refractivity contribution < 1.29 is 9.47 Å². The molecule has 0 aliphatic carbocycles. The number of halogens is 1. The number of methoxy groups -OCH3 is 2. The Morgan fingerprint density at radius 3 is 2.40 bits per heavy atom. The third kappa shape index (κ3) is 1.79. The highest BCUT2D eigenvalue weighted by Gasteiger charge is 2.05. The molecule has 2 nitrogen and oxygen atoms in total. The zero-order chi connectivity index (χ0) is 10.8. The summed E-state index contributed by atoms with van der Waals surface area (Å²) in [6, 6.07) is 9.84. The number of rotatable bonds is 2. The van der Waals surface area contributed by atoms with Gasteiger partial charge in [0.05, 0.1) is 14.2 Å². The summed E-state index contributed by atoms with van der Waals surface area (Å²) in [5, 5.41) is 2.17. The number of hydrogen-bond acceptors (Lipinski definition) is 2. The van der Waals surface area contributed by atoms with Gasteiger partial charge in [0.2, 0.25) is 0 Å². The minimum Gasteiger partial charge on any atom is -0.497 e. The van der Waals surface area contributed by atoms with Gasteiger partial charge in [0.15, 0.2) is 0 Å². The van der Waals surface area contributed by atoms with E-state index in [4.69, 9.17) is 9.47 Å². The van der Waals surface area contributed by atoms with E-state index in [0.29, 0.717) is 0 Å². The second-order valence-electron chi connectivity index (χ2n) is 3.16. The molecule has 0 heterocycles. The fourth-order valence-corrected chi connectivity index (χ4v) is 2.05. The van der Waals surface area contributed by atoms with Gasteiger partial charge in [0.1, 0.15) is 11.5 Å². The fourth-order valence-electron chi connectivity index (χ4n) is 1.57. The van der Waals surface area contributed by atoms with E-state index in [-0.39, 0.29) is 0 Å². The molecule has 0 bridgehead atoms. The molecule has 2 aromatic carbocycles. The molecular weight excluding hydrogens is 256 g/mol. The van der Waals surface area contributed by atoms with E-state index in [2.05, 4.69) is 15.9 Å². The van der Waals surface area contributed by atoms with Crippen molar-refractivity contribution in [3.63, 3.8) is 0 Å². The average molecular weight is 267 g/mol. The summed E-state index contributed by atoms with van der Waals surface area (Å²) in [6.45, 7) is 0. The molecule has 0 radical (unpaired) electrons. The highest BCUT2D eigenvalue weighted by atomic mass is 79.9. The first-order chi connectivity index (χ1) is 7.26. The van der Waals surface area contributed by atoms with E-state index in [1.807, 2.05) is 30.3 Å². The number of ether oxygens (including phenoxy) is 2. The van der Waals surface area contributed by atoms with E-state index in [1.165, 1.54) is 0 Å². The summed E-state index contributed by atoms with van der Waals surface area (Å²) in [5.41, 5.74) is 0. The van der Waals surface area contributed by atoms with Crippen LogP contribution < -0.4 is 9.47 Å². The van der Waals surface area contributed by atoms with Crippen LogP contribution in [0.5, 0.6) is 11.5 Å². The summed E-state index contributed by atoms with van der Waals surface area (Å²) in [7, 11) is 3.33. The van der Waals surface area contributed by atoms with Crippen molar-refractivity contribution in [1.82, 2.24) is 0 Å². The molecule has 0 saturated heterocycles. The Morgan fingerprint density at radius 2 is 1.73 bits per heavy atom. The molecule has 2 aromatic rings. The topological polar surface area (TPSA) is 18.5 Å². The average Bonchev–Trinajstić information content (AvgIpc) is 2.29. The SMILES string of the molecule is COc1ccc2c(Br)ccc(OC)c2c1. The van der Waals surface area contributed by atoms with Crippen LogP contribution in [0.25, 0.3) is 10.8 Å². The van der Waals surface area contributed by atoms with Crippen LogP contribution in [0.1, 0.15) is 0 Å². The number of fused-ring (bicyclic) bond motifs is 1.